The molecule has 0 spiro atoms. The van der Waals surface area contributed by atoms with Crippen LogP contribution in [-0.4, -0.2) is 24.5 Å². The quantitative estimate of drug-likeness (QED) is 0.833. The van der Waals surface area contributed by atoms with Crippen LogP contribution in [0.4, 0.5) is 0 Å². The van der Waals surface area contributed by atoms with Crippen LogP contribution in [0.5, 0.6) is 0 Å². The van der Waals surface area contributed by atoms with Crippen LogP contribution in [0.25, 0.3) is 0 Å². The van der Waals surface area contributed by atoms with Crippen molar-refractivity contribution in [3.63, 3.8) is 0 Å². The van der Waals surface area contributed by atoms with Crippen molar-refractivity contribution >= 4 is 5.91 Å². The number of nitrogens with one attached hydrogen (secondary N) is 2. The van der Waals surface area contributed by atoms with Gasteiger partial charge >= 0.3 is 0 Å². The molecule has 1 aliphatic heterocycles. The van der Waals surface area contributed by atoms with E-state index in [-0.39, 0.29) is 18.0 Å². The summed E-state index contributed by atoms with van der Waals surface area (Å²) in [4.78, 5) is 11.9. The van der Waals surface area contributed by atoms with Crippen LogP contribution in [0.1, 0.15) is 31.7 Å². The van der Waals surface area contributed by atoms with E-state index in [2.05, 4.69) is 41.8 Å². The third kappa shape index (κ3) is 3.84. The van der Waals surface area contributed by atoms with Crippen molar-refractivity contribution in [2.75, 3.05) is 6.54 Å². The second-order valence-electron chi connectivity index (χ2n) is 5.08. The highest BCUT2D eigenvalue weighted by molar-refractivity contribution is 5.82. The maximum absolute atomic E-state index is 11.9. The Balaban J connectivity index is 1.71. The molecular formula is C15H22N2O. The van der Waals surface area contributed by atoms with E-state index in [1.54, 1.807) is 0 Å². The van der Waals surface area contributed by atoms with Crippen LogP contribution in [-0.2, 0) is 11.2 Å². The standard InChI is InChI=1S/C15H22N2O/c1-12(9-10-13-6-3-2-4-7-13)17-15(18)14-8-5-11-16-14/h2-4,6-7,12,14,16H,5,8-11H2,1H3,(H,17,18)/t12?,14-/m1/s1. The lowest BCUT2D eigenvalue weighted by atomic mass is 10.1. The van der Waals surface area contributed by atoms with Crippen molar-refractivity contribution in [1.29, 1.82) is 0 Å². The molecule has 0 saturated carbocycles. The minimum Gasteiger partial charge on any atom is -0.352 e. The van der Waals surface area contributed by atoms with Gasteiger partial charge < -0.3 is 10.6 Å². The fourth-order valence-electron chi connectivity index (χ4n) is 2.35. The van der Waals surface area contributed by atoms with Gasteiger partial charge in [0.15, 0.2) is 0 Å². The smallest absolute Gasteiger partial charge is 0.237 e. The number of hydrogen-bond donors (Lipinski definition) is 2. The van der Waals surface area contributed by atoms with E-state index in [1.807, 2.05) is 6.07 Å². The van der Waals surface area contributed by atoms with Gasteiger partial charge in [-0.1, -0.05) is 30.3 Å². The molecule has 0 aromatic heterocycles. The molecule has 0 aliphatic carbocycles. The summed E-state index contributed by atoms with van der Waals surface area (Å²) in [6, 6.07) is 10.7. The molecule has 1 heterocycles. The second-order valence-corrected chi connectivity index (χ2v) is 5.08. The van der Waals surface area contributed by atoms with E-state index in [0.29, 0.717) is 0 Å². The molecule has 1 saturated heterocycles. The Morgan fingerprint density at radius 1 is 1.44 bits per heavy atom. The molecule has 1 aliphatic rings. The number of benzene rings is 1. The van der Waals surface area contributed by atoms with E-state index in [9.17, 15) is 4.79 Å². The molecule has 1 fully saturated rings. The second kappa shape index (κ2) is 6.55. The highest BCUT2D eigenvalue weighted by Crippen LogP contribution is 2.07. The Hall–Kier alpha value is -1.35. The van der Waals surface area contributed by atoms with Crippen LogP contribution in [0, 0.1) is 0 Å². The van der Waals surface area contributed by atoms with E-state index in [1.165, 1.54) is 5.56 Å². The van der Waals surface area contributed by atoms with Crippen molar-refractivity contribution in [3.05, 3.63) is 35.9 Å². The van der Waals surface area contributed by atoms with E-state index < -0.39 is 0 Å². The summed E-state index contributed by atoms with van der Waals surface area (Å²) in [6.45, 7) is 3.05. The maximum atomic E-state index is 11.9. The summed E-state index contributed by atoms with van der Waals surface area (Å²) >= 11 is 0. The van der Waals surface area contributed by atoms with Gasteiger partial charge in [0.25, 0.3) is 0 Å². The summed E-state index contributed by atoms with van der Waals surface area (Å²) in [5.41, 5.74) is 1.33. The largest absolute Gasteiger partial charge is 0.352 e. The van der Waals surface area contributed by atoms with Crippen molar-refractivity contribution in [3.8, 4) is 0 Å². The number of carbonyl (C=O) groups is 1. The number of amides is 1. The summed E-state index contributed by atoms with van der Waals surface area (Å²) in [5, 5.41) is 6.31. The molecule has 3 heteroatoms. The zero-order valence-corrected chi connectivity index (χ0v) is 11.0. The normalized spacial score (nSPS) is 20.6. The zero-order valence-electron chi connectivity index (χ0n) is 11.0. The average Bonchev–Trinajstić information content (AvgIpc) is 2.91. The van der Waals surface area contributed by atoms with Gasteiger partial charge in [0, 0.05) is 6.04 Å². The predicted molar refractivity (Wildman–Crippen MR) is 73.4 cm³/mol. The first-order valence-electron chi connectivity index (χ1n) is 6.83. The summed E-state index contributed by atoms with van der Waals surface area (Å²) in [5.74, 6) is 0.160. The molecule has 0 bridgehead atoms. The van der Waals surface area contributed by atoms with E-state index >= 15 is 0 Å². The van der Waals surface area contributed by atoms with Crippen LogP contribution in [0.3, 0.4) is 0 Å². The van der Waals surface area contributed by atoms with Crippen molar-refractivity contribution < 1.29 is 4.79 Å². The Bertz CT molecular complexity index is 371. The van der Waals surface area contributed by atoms with Crippen LogP contribution in [0.2, 0.25) is 0 Å². The van der Waals surface area contributed by atoms with Crippen LogP contribution >= 0.6 is 0 Å². The van der Waals surface area contributed by atoms with Crippen molar-refractivity contribution in [2.24, 2.45) is 0 Å². The first-order valence-corrected chi connectivity index (χ1v) is 6.83. The first kappa shape index (κ1) is 13.1. The number of rotatable bonds is 5. The monoisotopic (exact) mass is 246 g/mol. The Morgan fingerprint density at radius 3 is 2.89 bits per heavy atom. The van der Waals surface area contributed by atoms with Crippen molar-refractivity contribution in [2.45, 2.75) is 44.7 Å². The zero-order chi connectivity index (χ0) is 12.8. The van der Waals surface area contributed by atoms with Gasteiger partial charge in [-0.2, -0.15) is 0 Å². The molecule has 98 valence electrons. The first-order chi connectivity index (χ1) is 8.75. The molecule has 2 N–H and O–H groups in total. The van der Waals surface area contributed by atoms with Crippen molar-refractivity contribution in [1.82, 2.24) is 10.6 Å². The molecule has 2 atom stereocenters. The molecule has 18 heavy (non-hydrogen) atoms. The SMILES string of the molecule is CC(CCc1ccccc1)NC(=O)[C@H]1CCCN1. The topological polar surface area (TPSA) is 41.1 Å². The molecule has 2 rings (SSSR count). The Labute approximate surface area is 109 Å². The third-order valence-corrected chi connectivity index (χ3v) is 3.47. The molecule has 1 amide bonds. The minimum atomic E-state index is 0.0316. The molecule has 1 unspecified atom stereocenters. The highest BCUT2D eigenvalue weighted by atomic mass is 16.2. The summed E-state index contributed by atoms with van der Waals surface area (Å²) in [6.07, 6.45) is 4.08. The molecule has 1 aromatic rings. The average molecular weight is 246 g/mol. The van der Waals surface area contributed by atoms with E-state index in [4.69, 9.17) is 0 Å². The van der Waals surface area contributed by atoms with Gasteiger partial charge in [-0.15, -0.1) is 0 Å². The highest BCUT2D eigenvalue weighted by Gasteiger charge is 2.22. The van der Waals surface area contributed by atoms with Gasteiger partial charge in [-0.25, -0.2) is 0 Å². The lowest BCUT2D eigenvalue weighted by Gasteiger charge is -2.17. The Kier molecular flexibility index (Phi) is 4.76. The lowest BCUT2D eigenvalue weighted by molar-refractivity contribution is -0.123. The molecule has 3 nitrogen and oxygen atoms in total. The third-order valence-electron chi connectivity index (χ3n) is 3.47. The number of carbonyl (C=O) groups excluding carboxylic acids is 1. The summed E-state index contributed by atoms with van der Waals surface area (Å²) in [7, 11) is 0. The lowest BCUT2D eigenvalue weighted by Crippen LogP contribution is -2.44. The van der Waals surface area contributed by atoms with Gasteiger partial charge in [0.05, 0.1) is 6.04 Å². The molecule has 1 aromatic carbocycles. The number of aryl methyl sites for hydroxylation is 1. The van der Waals surface area contributed by atoms with E-state index in [0.717, 1.165) is 32.2 Å². The minimum absolute atomic E-state index is 0.0316. The summed E-state index contributed by atoms with van der Waals surface area (Å²) < 4.78 is 0. The van der Waals surface area contributed by atoms with Gasteiger partial charge in [0.2, 0.25) is 5.91 Å². The molecule has 0 radical (unpaired) electrons. The van der Waals surface area contributed by atoms with Gasteiger partial charge in [0.1, 0.15) is 0 Å². The van der Waals surface area contributed by atoms with Gasteiger partial charge in [-0.3, -0.25) is 4.79 Å². The van der Waals surface area contributed by atoms with Crippen LogP contribution in [0.15, 0.2) is 30.3 Å². The Morgan fingerprint density at radius 2 is 2.22 bits per heavy atom. The molecular weight excluding hydrogens is 224 g/mol. The number of hydrogen-bond acceptors (Lipinski definition) is 2. The predicted octanol–water partition coefficient (Wildman–Crippen LogP) is 1.88. The fraction of sp³-hybridized carbons (Fsp3) is 0.533. The van der Waals surface area contributed by atoms with Crippen LogP contribution < -0.4 is 10.6 Å². The maximum Gasteiger partial charge on any atom is 0.237 e. The fourth-order valence-corrected chi connectivity index (χ4v) is 2.35. The van der Waals surface area contributed by atoms with Gasteiger partial charge in [-0.05, 0) is 44.7 Å².